The molecule has 0 unspecified atom stereocenters. The monoisotopic (exact) mass is 375 g/mol. The molecule has 23 heavy (non-hydrogen) atoms. The highest BCUT2D eigenvalue weighted by Crippen LogP contribution is 2.20. The first-order valence-corrected chi connectivity index (χ1v) is 7.72. The van der Waals surface area contributed by atoms with Crippen LogP contribution >= 0.6 is 15.9 Å². The lowest BCUT2D eigenvalue weighted by Crippen LogP contribution is -2.26. The number of carbonyl (C=O) groups is 1. The van der Waals surface area contributed by atoms with Crippen molar-refractivity contribution in [2.75, 3.05) is 7.05 Å². The van der Waals surface area contributed by atoms with Gasteiger partial charge in [0.1, 0.15) is 6.54 Å². The predicted octanol–water partition coefficient (Wildman–Crippen LogP) is 3.67. The first-order chi connectivity index (χ1) is 11.0. The van der Waals surface area contributed by atoms with E-state index in [0.29, 0.717) is 16.2 Å². The molecule has 2 aromatic heterocycles. The summed E-state index contributed by atoms with van der Waals surface area (Å²) in [6.45, 7) is 2.21. The van der Waals surface area contributed by atoms with E-state index >= 15 is 0 Å². The molecule has 7 heteroatoms. The van der Waals surface area contributed by atoms with Gasteiger partial charge in [-0.1, -0.05) is 35.0 Å². The van der Waals surface area contributed by atoms with E-state index in [1.807, 2.05) is 31.2 Å². The number of hydrogen-bond donors (Lipinski definition) is 0. The molecular weight excluding hydrogens is 362 g/mol. The van der Waals surface area contributed by atoms with Crippen LogP contribution in [0.15, 0.2) is 50.0 Å². The fraction of sp³-hybridized carbons (Fsp3) is 0.188. The van der Waals surface area contributed by atoms with E-state index in [1.54, 1.807) is 13.1 Å². The largest absolute Gasteiger partial charge is 0.458 e. The Labute approximate surface area is 141 Å². The molecule has 0 bridgehead atoms. The Morgan fingerprint density at radius 1 is 1.26 bits per heavy atom. The zero-order valence-electron chi connectivity index (χ0n) is 12.6. The van der Waals surface area contributed by atoms with Crippen LogP contribution in [-0.2, 0) is 6.54 Å². The van der Waals surface area contributed by atoms with E-state index < -0.39 is 0 Å². The number of aromatic nitrogens is 2. The number of amides is 1. The van der Waals surface area contributed by atoms with Crippen LogP contribution < -0.4 is 0 Å². The van der Waals surface area contributed by atoms with Crippen LogP contribution in [0.25, 0.3) is 11.4 Å². The molecule has 0 fully saturated rings. The number of halogens is 1. The molecular formula is C16H14BrN3O3. The molecule has 0 saturated carbocycles. The van der Waals surface area contributed by atoms with Crippen molar-refractivity contribution in [3.05, 3.63) is 58.3 Å². The van der Waals surface area contributed by atoms with Crippen LogP contribution in [0.1, 0.15) is 22.0 Å². The Morgan fingerprint density at radius 3 is 2.65 bits per heavy atom. The molecule has 3 aromatic rings. The third-order valence-corrected chi connectivity index (χ3v) is 3.93. The Bertz CT molecular complexity index is 823. The van der Waals surface area contributed by atoms with Gasteiger partial charge in [-0.25, -0.2) is 0 Å². The standard InChI is InChI=1S/C16H14BrN3O3/c1-10-3-5-11(6-4-10)15-18-13(23-19-15)9-20(2)16(21)14-12(17)7-8-22-14/h3-8H,9H2,1-2H3. The van der Waals surface area contributed by atoms with E-state index in [2.05, 4.69) is 26.1 Å². The van der Waals surface area contributed by atoms with Gasteiger partial charge in [0.05, 0.1) is 10.7 Å². The lowest BCUT2D eigenvalue weighted by atomic mass is 10.1. The molecule has 118 valence electrons. The van der Waals surface area contributed by atoms with Crippen LogP contribution in [0.2, 0.25) is 0 Å². The van der Waals surface area contributed by atoms with Crippen molar-refractivity contribution < 1.29 is 13.7 Å². The maximum atomic E-state index is 12.3. The third-order valence-electron chi connectivity index (χ3n) is 3.31. The molecule has 0 spiro atoms. The van der Waals surface area contributed by atoms with Gasteiger partial charge in [-0.3, -0.25) is 4.79 Å². The SMILES string of the molecule is Cc1ccc(-c2noc(CN(C)C(=O)c3occc3Br)n2)cc1. The van der Waals surface area contributed by atoms with Gasteiger partial charge in [0, 0.05) is 12.6 Å². The molecule has 1 aromatic carbocycles. The number of carbonyl (C=O) groups excluding carboxylic acids is 1. The van der Waals surface area contributed by atoms with Crippen molar-refractivity contribution in [2.24, 2.45) is 0 Å². The summed E-state index contributed by atoms with van der Waals surface area (Å²) in [4.78, 5) is 18.0. The molecule has 0 atom stereocenters. The highest BCUT2D eigenvalue weighted by molar-refractivity contribution is 9.10. The minimum Gasteiger partial charge on any atom is -0.458 e. The van der Waals surface area contributed by atoms with Gasteiger partial charge < -0.3 is 13.8 Å². The van der Waals surface area contributed by atoms with Crippen molar-refractivity contribution in [2.45, 2.75) is 13.5 Å². The zero-order valence-corrected chi connectivity index (χ0v) is 14.2. The highest BCUT2D eigenvalue weighted by Gasteiger charge is 2.20. The van der Waals surface area contributed by atoms with Gasteiger partial charge in [0.15, 0.2) is 0 Å². The molecule has 0 radical (unpaired) electrons. The number of hydrogen-bond acceptors (Lipinski definition) is 5. The fourth-order valence-electron chi connectivity index (χ4n) is 2.03. The van der Waals surface area contributed by atoms with E-state index in [9.17, 15) is 4.79 Å². The second kappa shape index (κ2) is 6.37. The Balaban J connectivity index is 1.72. The average Bonchev–Trinajstić information content (AvgIpc) is 3.16. The molecule has 0 saturated heterocycles. The molecule has 0 aliphatic rings. The topological polar surface area (TPSA) is 72.4 Å². The second-order valence-corrected chi connectivity index (χ2v) is 5.99. The lowest BCUT2D eigenvalue weighted by Gasteiger charge is -2.12. The minimum absolute atomic E-state index is 0.199. The summed E-state index contributed by atoms with van der Waals surface area (Å²) in [7, 11) is 1.65. The van der Waals surface area contributed by atoms with Gasteiger partial charge >= 0.3 is 0 Å². The smallest absolute Gasteiger partial charge is 0.290 e. The first-order valence-electron chi connectivity index (χ1n) is 6.92. The van der Waals surface area contributed by atoms with Gasteiger partial charge in [-0.15, -0.1) is 0 Å². The summed E-state index contributed by atoms with van der Waals surface area (Å²) in [5.74, 6) is 0.835. The van der Waals surface area contributed by atoms with Crippen LogP contribution in [0.3, 0.4) is 0 Å². The second-order valence-electron chi connectivity index (χ2n) is 5.14. The van der Waals surface area contributed by atoms with Crippen molar-refractivity contribution in [1.82, 2.24) is 15.0 Å². The molecule has 1 amide bonds. The van der Waals surface area contributed by atoms with Crippen molar-refractivity contribution >= 4 is 21.8 Å². The summed E-state index contributed by atoms with van der Waals surface area (Å²) in [6.07, 6.45) is 1.45. The number of furan rings is 1. The average molecular weight is 376 g/mol. The van der Waals surface area contributed by atoms with E-state index in [4.69, 9.17) is 8.94 Å². The molecule has 6 nitrogen and oxygen atoms in total. The number of nitrogens with zero attached hydrogens (tertiary/aromatic N) is 3. The molecule has 0 N–H and O–H groups in total. The van der Waals surface area contributed by atoms with Crippen LogP contribution in [0.4, 0.5) is 0 Å². The van der Waals surface area contributed by atoms with E-state index in [-0.39, 0.29) is 18.2 Å². The Kier molecular flexibility index (Phi) is 4.29. The number of benzene rings is 1. The van der Waals surface area contributed by atoms with Gasteiger partial charge in [0.2, 0.25) is 17.5 Å². The molecule has 0 aliphatic carbocycles. The molecule has 2 heterocycles. The van der Waals surface area contributed by atoms with Crippen LogP contribution in [0.5, 0.6) is 0 Å². The number of aryl methyl sites for hydroxylation is 1. The lowest BCUT2D eigenvalue weighted by molar-refractivity contribution is 0.0736. The summed E-state index contributed by atoms with van der Waals surface area (Å²) in [6, 6.07) is 9.49. The fourth-order valence-corrected chi connectivity index (χ4v) is 2.40. The first kappa shape index (κ1) is 15.5. The highest BCUT2D eigenvalue weighted by atomic mass is 79.9. The van der Waals surface area contributed by atoms with Crippen molar-refractivity contribution in [1.29, 1.82) is 0 Å². The van der Waals surface area contributed by atoms with Crippen molar-refractivity contribution in [3.63, 3.8) is 0 Å². The predicted molar refractivity (Wildman–Crippen MR) is 86.7 cm³/mol. The van der Waals surface area contributed by atoms with Gasteiger partial charge in [-0.2, -0.15) is 4.98 Å². The van der Waals surface area contributed by atoms with Crippen molar-refractivity contribution in [3.8, 4) is 11.4 Å². The van der Waals surface area contributed by atoms with E-state index in [0.717, 1.165) is 11.1 Å². The maximum absolute atomic E-state index is 12.3. The van der Waals surface area contributed by atoms with Crippen LogP contribution in [-0.4, -0.2) is 28.0 Å². The van der Waals surface area contributed by atoms with Gasteiger partial charge in [-0.05, 0) is 28.9 Å². The summed E-state index contributed by atoms with van der Waals surface area (Å²) in [5.41, 5.74) is 2.03. The molecule has 3 rings (SSSR count). The zero-order chi connectivity index (χ0) is 16.4. The third kappa shape index (κ3) is 3.34. The van der Waals surface area contributed by atoms with Crippen LogP contribution in [0, 0.1) is 6.92 Å². The quantitative estimate of drug-likeness (QED) is 0.695. The molecule has 0 aliphatic heterocycles. The normalized spacial score (nSPS) is 10.7. The van der Waals surface area contributed by atoms with E-state index in [1.165, 1.54) is 11.2 Å². The maximum Gasteiger partial charge on any atom is 0.290 e. The minimum atomic E-state index is -0.267. The number of rotatable bonds is 4. The summed E-state index contributed by atoms with van der Waals surface area (Å²) < 4.78 is 11.0. The van der Waals surface area contributed by atoms with Gasteiger partial charge in [0.25, 0.3) is 5.91 Å². The Morgan fingerprint density at radius 2 is 2.00 bits per heavy atom. The summed E-state index contributed by atoms with van der Waals surface area (Å²) in [5, 5.41) is 3.95. The Hall–Kier alpha value is -2.41. The summed E-state index contributed by atoms with van der Waals surface area (Å²) >= 11 is 3.27.